The zero-order valence-electron chi connectivity index (χ0n) is 13.3. The summed E-state index contributed by atoms with van der Waals surface area (Å²) >= 11 is 1.77. The van der Waals surface area contributed by atoms with Crippen LogP contribution >= 0.6 is 11.3 Å². The summed E-state index contributed by atoms with van der Waals surface area (Å²) in [5.74, 6) is 0.790. The molecule has 0 aromatic carbocycles. The summed E-state index contributed by atoms with van der Waals surface area (Å²) in [7, 11) is 1.73. The Kier molecular flexibility index (Phi) is 7.82. The molecule has 0 saturated carbocycles. The van der Waals surface area contributed by atoms with Crippen LogP contribution in [-0.2, 0) is 11.3 Å². The summed E-state index contributed by atoms with van der Waals surface area (Å²) in [6.07, 6.45) is 1.39. The number of guanidine groups is 1. The second kappa shape index (κ2) is 9.39. The normalized spacial score (nSPS) is 12.9. The van der Waals surface area contributed by atoms with Crippen molar-refractivity contribution in [3.63, 3.8) is 0 Å². The highest BCUT2D eigenvalue weighted by Gasteiger charge is 2.06. The molecule has 1 rings (SSSR count). The number of aryl methyl sites for hydroxylation is 1. The summed E-state index contributed by atoms with van der Waals surface area (Å²) in [5, 5.41) is 9.34. The highest BCUT2D eigenvalue weighted by molar-refractivity contribution is 7.11. The van der Waals surface area contributed by atoms with Crippen molar-refractivity contribution < 1.29 is 4.79 Å². The number of nitrogens with zero attached hydrogens (tertiary/aromatic N) is 1. The van der Waals surface area contributed by atoms with E-state index in [0.29, 0.717) is 13.0 Å². The van der Waals surface area contributed by atoms with E-state index in [4.69, 9.17) is 0 Å². The van der Waals surface area contributed by atoms with Crippen LogP contribution in [0.4, 0.5) is 0 Å². The zero-order chi connectivity index (χ0) is 15.7. The maximum absolute atomic E-state index is 11.7. The topological polar surface area (TPSA) is 65.5 Å². The van der Waals surface area contributed by atoms with Gasteiger partial charge >= 0.3 is 0 Å². The van der Waals surface area contributed by atoms with Crippen LogP contribution in [0.15, 0.2) is 17.1 Å². The maximum atomic E-state index is 11.7. The smallest absolute Gasteiger partial charge is 0.221 e. The number of rotatable bonds is 7. The third-order valence-corrected chi connectivity index (χ3v) is 4.11. The highest BCUT2D eigenvalue weighted by atomic mass is 32.1. The molecule has 0 aliphatic heterocycles. The lowest BCUT2D eigenvalue weighted by Crippen LogP contribution is -2.39. The minimum absolute atomic E-state index is 0.0705. The van der Waals surface area contributed by atoms with Crippen LogP contribution in [0.2, 0.25) is 0 Å². The van der Waals surface area contributed by atoms with Gasteiger partial charge in [0.25, 0.3) is 0 Å². The number of nitrogens with one attached hydrogen (secondary N) is 3. The van der Waals surface area contributed by atoms with Crippen LogP contribution in [0.3, 0.4) is 0 Å². The van der Waals surface area contributed by atoms with Gasteiger partial charge < -0.3 is 16.0 Å². The van der Waals surface area contributed by atoms with Crippen molar-refractivity contribution in [3.8, 4) is 0 Å². The average Bonchev–Trinajstić information content (AvgIpc) is 2.88. The van der Waals surface area contributed by atoms with E-state index >= 15 is 0 Å². The number of carbonyl (C=O) groups excluding carboxylic acids is 1. The first kappa shape index (κ1) is 17.5. The number of hydrogen-bond acceptors (Lipinski definition) is 3. The Balaban J connectivity index is 2.24. The number of amides is 1. The Morgan fingerprint density at radius 1 is 1.38 bits per heavy atom. The van der Waals surface area contributed by atoms with E-state index in [1.165, 1.54) is 9.75 Å². The summed E-state index contributed by atoms with van der Waals surface area (Å²) in [4.78, 5) is 18.4. The highest BCUT2D eigenvalue weighted by Crippen LogP contribution is 2.14. The van der Waals surface area contributed by atoms with Crippen molar-refractivity contribution in [3.05, 3.63) is 21.9 Å². The zero-order valence-corrected chi connectivity index (χ0v) is 14.1. The fraction of sp³-hybridized carbons (Fsp3) is 0.600. The predicted octanol–water partition coefficient (Wildman–Crippen LogP) is 2.03. The van der Waals surface area contributed by atoms with Gasteiger partial charge in [-0.2, -0.15) is 0 Å². The van der Waals surface area contributed by atoms with E-state index in [1.54, 1.807) is 18.4 Å². The summed E-state index contributed by atoms with van der Waals surface area (Å²) in [6.45, 7) is 7.48. The molecule has 6 heteroatoms. The van der Waals surface area contributed by atoms with E-state index in [1.807, 2.05) is 6.92 Å². The van der Waals surface area contributed by atoms with Crippen molar-refractivity contribution in [1.29, 1.82) is 0 Å². The van der Waals surface area contributed by atoms with E-state index in [0.717, 1.165) is 18.9 Å². The summed E-state index contributed by atoms with van der Waals surface area (Å²) in [6, 6.07) is 4.45. The standard InChI is InChI=1S/C15H26N4OS/c1-5-11(2)19-14(20)8-9-17-15(16-4)18-10-13-7-6-12(3)21-13/h6-7,11H,5,8-10H2,1-4H3,(H,19,20)(H2,16,17,18). The first-order chi connectivity index (χ1) is 10.0. The van der Waals surface area contributed by atoms with Gasteiger partial charge in [-0.3, -0.25) is 9.79 Å². The second-order valence-electron chi connectivity index (χ2n) is 4.99. The Morgan fingerprint density at radius 2 is 2.14 bits per heavy atom. The molecule has 1 heterocycles. The molecule has 0 bridgehead atoms. The molecule has 0 fully saturated rings. The average molecular weight is 310 g/mol. The quantitative estimate of drug-likeness (QED) is 0.533. The maximum Gasteiger partial charge on any atom is 0.221 e. The van der Waals surface area contributed by atoms with Gasteiger partial charge in [0.15, 0.2) is 5.96 Å². The Morgan fingerprint density at radius 3 is 2.71 bits per heavy atom. The van der Waals surface area contributed by atoms with E-state index < -0.39 is 0 Å². The van der Waals surface area contributed by atoms with Crippen molar-refractivity contribution in [2.75, 3.05) is 13.6 Å². The van der Waals surface area contributed by atoms with E-state index in [-0.39, 0.29) is 11.9 Å². The summed E-state index contributed by atoms with van der Waals surface area (Å²) in [5.41, 5.74) is 0. The molecule has 0 radical (unpaired) electrons. The fourth-order valence-electron chi connectivity index (χ4n) is 1.72. The molecule has 1 unspecified atom stereocenters. The van der Waals surface area contributed by atoms with Crippen molar-refractivity contribution >= 4 is 23.2 Å². The van der Waals surface area contributed by atoms with Gasteiger partial charge in [0.2, 0.25) is 5.91 Å². The fourth-order valence-corrected chi connectivity index (χ4v) is 2.55. The summed E-state index contributed by atoms with van der Waals surface area (Å²) < 4.78 is 0. The lowest BCUT2D eigenvalue weighted by molar-refractivity contribution is -0.121. The van der Waals surface area contributed by atoms with Gasteiger partial charge in [-0.15, -0.1) is 11.3 Å². The third-order valence-electron chi connectivity index (χ3n) is 3.11. The molecule has 0 aliphatic carbocycles. The number of thiophene rings is 1. The van der Waals surface area contributed by atoms with E-state index in [2.05, 4.69) is 46.9 Å². The van der Waals surface area contributed by atoms with Crippen molar-refractivity contribution in [2.45, 2.75) is 46.2 Å². The molecule has 1 aromatic heterocycles. The van der Waals surface area contributed by atoms with Crippen molar-refractivity contribution in [1.82, 2.24) is 16.0 Å². The molecule has 118 valence electrons. The molecule has 1 amide bonds. The SMILES string of the molecule is CCC(C)NC(=O)CCNC(=NC)NCc1ccc(C)s1. The molecular formula is C15H26N4OS. The molecule has 0 aliphatic rings. The lowest BCUT2D eigenvalue weighted by atomic mass is 10.2. The van der Waals surface area contributed by atoms with Gasteiger partial charge in [0, 0.05) is 35.8 Å². The second-order valence-corrected chi connectivity index (χ2v) is 6.36. The van der Waals surface area contributed by atoms with Crippen LogP contribution < -0.4 is 16.0 Å². The molecule has 0 saturated heterocycles. The Bertz CT molecular complexity index is 470. The predicted molar refractivity (Wildman–Crippen MR) is 89.8 cm³/mol. The molecule has 3 N–H and O–H groups in total. The van der Waals surface area contributed by atoms with Crippen LogP contribution in [-0.4, -0.2) is 31.5 Å². The van der Waals surface area contributed by atoms with Crippen LogP contribution in [0.25, 0.3) is 0 Å². The molecule has 1 aromatic rings. The lowest BCUT2D eigenvalue weighted by Gasteiger charge is -2.13. The first-order valence-corrected chi connectivity index (χ1v) is 8.16. The van der Waals surface area contributed by atoms with Gasteiger partial charge in [-0.1, -0.05) is 6.92 Å². The Hall–Kier alpha value is -1.56. The van der Waals surface area contributed by atoms with Crippen LogP contribution in [0.5, 0.6) is 0 Å². The molecule has 1 atom stereocenters. The van der Waals surface area contributed by atoms with Gasteiger partial charge in [0.1, 0.15) is 0 Å². The number of hydrogen-bond donors (Lipinski definition) is 3. The van der Waals surface area contributed by atoms with Gasteiger partial charge in [-0.05, 0) is 32.4 Å². The third kappa shape index (κ3) is 7.13. The molecular weight excluding hydrogens is 284 g/mol. The largest absolute Gasteiger partial charge is 0.356 e. The molecule has 0 spiro atoms. The monoisotopic (exact) mass is 310 g/mol. The van der Waals surface area contributed by atoms with Crippen LogP contribution in [0, 0.1) is 6.92 Å². The Labute approximate surface area is 131 Å². The van der Waals surface area contributed by atoms with Gasteiger partial charge in [-0.25, -0.2) is 0 Å². The minimum Gasteiger partial charge on any atom is -0.356 e. The molecule has 5 nitrogen and oxygen atoms in total. The van der Waals surface area contributed by atoms with Crippen molar-refractivity contribution in [2.24, 2.45) is 4.99 Å². The first-order valence-electron chi connectivity index (χ1n) is 7.34. The van der Waals surface area contributed by atoms with Gasteiger partial charge in [0.05, 0.1) is 6.54 Å². The minimum atomic E-state index is 0.0705. The van der Waals surface area contributed by atoms with Crippen LogP contribution in [0.1, 0.15) is 36.4 Å². The van der Waals surface area contributed by atoms with E-state index in [9.17, 15) is 4.79 Å². The molecule has 21 heavy (non-hydrogen) atoms. The number of aliphatic imine (C=N–C) groups is 1. The number of carbonyl (C=O) groups is 1.